The molecule has 2 aliphatic rings. The number of hydrogen-bond acceptors (Lipinski definition) is 3. The van der Waals surface area contributed by atoms with Gasteiger partial charge in [-0.25, -0.2) is 8.78 Å². The maximum absolute atomic E-state index is 14.2. The van der Waals surface area contributed by atoms with Gasteiger partial charge in [-0.05, 0) is 75.0 Å². The van der Waals surface area contributed by atoms with Crippen LogP contribution in [-0.4, -0.2) is 47.2 Å². The van der Waals surface area contributed by atoms with Crippen molar-refractivity contribution in [1.82, 2.24) is 20.4 Å². The summed E-state index contributed by atoms with van der Waals surface area (Å²) in [5.41, 5.74) is 2.01. The van der Waals surface area contributed by atoms with Gasteiger partial charge >= 0.3 is 0 Å². The van der Waals surface area contributed by atoms with Crippen molar-refractivity contribution in [2.24, 2.45) is 5.41 Å². The second-order valence-electron chi connectivity index (χ2n) is 8.82. The number of H-pyrrole nitrogens is 1. The largest absolute Gasteiger partial charge is 0.348 e. The van der Waals surface area contributed by atoms with E-state index >= 15 is 0 Å². The quantitative estimate of drug-likeness (QED) is 0.683. The second kappa shape index (κ2) is 7.16. The van der Waals surface area contributed by atoms with E-state index in [1.54, 1.807) is 18.2 Å². The van der Waals surface area contributed by atoms with E-state index in [1.807, 2.05) is 0 Å². The first-order valence-electron chi connectivity index (χ1n) is 10.4. The SMILES string of the molecule is CN1CCC2(CC1)CC(NC(=O)c1n[nH]c3ccc(-c4cccc(F)c4F)cc13)C2. The summed E-state index contributed by atoms with van der Waals surface area (Å²) in [5.74, 6) is -2.03. The number of halogens is 2. The van der Waals surface area contributed by atoms with E-state index in [0.29, 0.717) is 21.9 Å². The number of carbonyl (C=O) groups excluding carboxylic acids is 1. The third kappa shape index (κ3) is 3.27. The van der Waals surface area contributed by atoms with Crippen LogP contribution in [0.5, 0.6) is 0 Å². The maximum atomic E-state index is 14.2. The molecular weight excluding hydrogens is 386 g/mol. The molecule has 1 aliphatic heterocycles. The first-order chi connectivity index (χ1) is 14.4. The predicted octanol–water partition coefficient (Wildman–Crippen LogP) is 4.11. The molecule has 1 aliphatic carbocycles. The fourth-order valence-corrected chi connectivity index (χ4v) is 4.92. The molecule has 1 spiro atoms. The van der Waals surface area contributed by atoms with Gasteiger partial charge in [0.1, 0.15) is 0 Å². The van der Waals surface area contributed by atoms with Crippen LogP contribution in [0.1, 0.15) is 36.2 Å². The molecular formula is C23H24F2N4O. The van der Waals surface area contributed by atoms with Gasteiger partial charge in [0.05, 0.1) is 5.52 Å². The average molecular weight is 410 g/mol. The van der Waals surface area contributed by atoms with Crippen molar-refractivity contribution in [3.63, 3.8) is 0 Å². The number of amides is 1. The van der Waals surface area contributed by atoms with E-state index in [-0.39, 0.29) is 23.2 Å². The highest BCUT2D eigenvalue weighted by molar-refractivity contribution is 6.05. The van der Waals surface area contributed by atoms with Gasteiger partial charge in [-0.1, -0.05) is 18.2 Å². The van der Waals surface area contributed by atoms with Crippen LogP contribution in [0.3, 0.4) is 0 Å². The Hall–Kier alpha value is -2.80. The van der Waals surface area contributed by atoms with E-state index in [2.05, 4.69) is 27.5 Å². The maximum Gasteiger partial charge on any atom is 0.272 e. The Labute approximate surface area is 173 Å². The van der Waals surface area contributed by atoms with Crippen LogP contribution >= 0.6 is 0 Å². The van der Waals surface area contributed by atoms with Crippen molar-refractivity contribution >= 4 is 16.8 Å². The lowest BCUT2D eigenvalue weighted by Gasteiger charge is -2.51. The number of carbonyl (C=O) groups is 1. The molecule has 156 valence electrons. The van der Waals surface area contributed by atoms with Crippen molar-refractivity contribution in [1.29, 1.82) is 0 Å². The summed E-state index contributed by atoms with van der Waals surface area (Å²) in [6, 6.07) is 9.35. The highest BCUT2D eigenvalue weighted by Crippen LogP contribution is 2.49. The zero-order chi connectivity index (χ0) is 20.9. The van der Waals surface area contributed by atoms with E-state index in [4.69, 9.17) is 0 Å². The molecule has 2 fully saturated rings. The average Bonchev–Trinajstić information content (AvgIpc) is 3.14. The van der Waals surface area contributed by atoms with Gasteiger partial charge in [0.25, 0.3) is 5.91 Å². The van der Waals surface area contributed by atoms with Gasteiger partial charge in [-0.2, -0.15) is 5.10 Å². The van der Waals surface area contributed by atoms with Crippen LogP contribution in [0.4, 0.5) is 8.78 Å². The van der Waals surface area contributed by atoms with E-state index < -0.39 is 11.6 Å². The highest BCUT2D eigenvalue weighted by atomic mass is 19.2. The Bertz CT molecular complexity index is 1110. The third-order valence-corrected chi connectivity index (χ3v) is 6.78. The van der Waals surface area contributed by atoms with Gasteiger partial charge in [0, 0.05) is 17.0 Å². The monoisotopic (exact) mass is 410 g/mol. The van der Waals surface area contributed by atoms with Crippen molar-refractivity contribution in [3.8, 4) is 11.1 Å². The molecule has 0 bridgehead atoms. The Morgan fingerprint density at radius 2 is 1.97 bits per heavy atom. The Balaban J connectivity index is 1.35. The van der Waals surface area contributed by atoms with Crippen LogP contribution in [0.25, 0.3) is 22.0 Å². The zero-order valence-corrected chi connectivity index (χ0v) is 16.8. The highest BCUT2D eigenvalue weighted by Gasteiger charge is 2.46. The lowest BCUT2D eigenvalue weighted by Crippen LogP contribution is -2.54. The van der Waals surface area contributed by atoms with Crippen molar-refractivity contribution in [3.05, 3.63) is 53.7 Å². The molecule has 0 unspecified atom stereocenters. The second-order valence-corrected chi connectivity index (χ2v) is 8.82. The minimum absolute atomic E-state index is 0.160. The number of benzene rings is 2. The minimum atomic E-state index is -0.899. The molecule has 0 radical (unpaired) electrons. The van der Waals surface area contributed by atoms with Gasteiger partial charge in [-0.3, -0.25) is 9.89 Å². The molecule has 1 amide bonds. The molecule has 5 nitrogen and oxygen atoms in total. The van der Waals surface area contributed by atoms with Crippen LogP contribution in [0, 0.1) is 17.0 Å². The number of aromatic amines is 1. The minimum Gasteiger partial charge on any atom is -0.348 e. The number of piperidine rings is 1. The van der Waals surface area contributed by atoms with E-state index in [0.717, 1.165) is 32.0 Å². The summed E-state index contributed by atoms with van der Waals surface area (Å²) in [6.07, 6.45) is 4.39. The molecule has 7 heteroatoms. The molecule has 30 heavy (non-hydrogen) atoms. The topological polar surface area (TPSA) is 61.0 Å². The van der Waals surface area contributed by atoms with E-state index in [9.17, 15) is 13.6 Å². The Kier molecular flexibility index (Phi) is 4.58. The number of hydrogen-bond donors (Lipinski definition) is 2. The van der Waals surface area contributed by atoms with Gasteiger partial charge < -0.3 is 10.2 Å². The first-order valence-corrected chi connectivity index (χ1v) is 10.4. The summed E-state index contributed by atoms with van der Waals surface area (Å²) in [7, 11) is 2.15. The van der Waals surface area contributed by atoms with Crippen LogP contribution in [0.15, 0.2) is 36.4 Å². The molecule has 2 heterocycles. The normalized spacial score (nSPS) is 19.2. The van der Waals surface area contributed by atoms with Crippen LogP contribution < -0.4 is 5.32 Å². The first kappa shape index (κ1) is 19.2. The Morgan fingerprint density at radius 1 is 1.20 bits per heavy atom. The fraction of sp³-hybridized carbons (Fsp3) is 0.391. The molecule has 1 saturated carbocycles. The summed E-state index contributed by atoms with van der Waals surface area (Å²) in [4.78, 5) is 15.2. The molecule has 3 aromatic rings. The number of aromatic nitrogens is 2. The molecule has 0 atom stereocenters. The summed E-state index contributed by atoms with van der Waals surface area (Å²) < 4.78 is 27.8. The predicted molar refractivity (Wildman–Crippen MR) is 111 cm³/mol. The van der Waals surface area contributed by atoms with Crippen molar-refractivity contribution in [2.45, 2.75) is 31.7 Å². The number of nitrogens with zero attached hydrogens (tertiary/aromatic N) is 2. The molecule has 5 rings (SSSR count). The molecule has 1 saturated heterocycles. The number of nitrogens with one attached hydrogen (secondary N) is 2. The lowest BCUT2D eigenvalue weighted by atomic mass is 9.60. The summed E-state index contributed by atoms with van der Waals surface area (Å²) in [5, 5.41) is 10.7. The van der Waals surface area contributed by atoms with E-state index in [1.165, 1.54) is 25.0 Å². The Morgan fingerprint density at radius 3 is 2.73 bits per heavy atom. The molecule has 2 N–H and O–H groups in total. The van der Waals surface area contributed by atoms with Gasteiger partial charge in [0.15, 0.2) is 17.3 Å². The van der Waals surface area contributed by atoms with Gasteiger partial charge in [-0.15, -0.1) is 0 Å². The molecule has 1 aromatic heterocycles. The zero-order valence-electron chi connectivity index (χ0n) is 16.8. The number of likely N-dealkylation sites (tertiary alicyclic amines) is 1. The smallest absolute Gasteiger partial charge is 0.272 e. The fourth-order valence-electron chi connectivity index (χ4n) is 4.92. The van der Waals surface area contributed by atoms with Crippen molar-refractivity contribution < 1.29 is 13.6 Å². The van der Waals surface area contributed by atoms with Crippen LogP contribution in [0.2, 0.25) is 0 Å². The van der Waals surface area contributed by atoms with Crippen molar-refractivity contribution in [2.75, 3.05) is 20.1 Å². The summed E-state index contributed by atoms with van der Waals surface area (Å²) in [6.45, 7) is 2.23. The molecule has 2 aromatic carbocycles. The summed E-state index contributed by atoms with van der Waals surface area (Å²) >= 11 is 0. The number of rotatable bonds is 3. The third-order valence-electron chi connectivity index (χ3n) is 6.78. The standard InChI is InChI=1S/C23H24F2N4O/c1-29-9-7-23(8-10-29)12-15(13-23)26-22(30)21-17-11-14(5-6-19(17)27-28-21)16-3-2-4-18(24)20(16)25/h2-6,11,15H,7-10,12-13H2,1H3,(H,26,30)(H,27,28). The lowest BCUT2D eigenvalue weighted by molar-refractivity contribution is 0.0138. The van der Waals surface area contributed by atoms with Crippen LogP contribution in [-0.2, 0) is 0 Å². The van der Waals surface area contributed by atoms with Gasteiger partial charge in [0.2, 0.25) is 0 Å². The number of fused-ring (bicyclic) bond motifs is 1.